The van der Waals surface area contributed by atoms with Crippen molar-refractivity contribution in [3.05, 3.63) is 79.0 Å². The number of aromatic nitrogens is 6. The first-order valence-corrected chi connectivity index (χ1v) is 9.21. The fraction of sp³-hybridized carbons (Fsp3) is 0.0909. The largest absolute Gasteiger partial charge is 0.481 e. The molecule has 5 rings (SSSR count). The second kappa shape index (κ2) is 7.20. The molecule has 0 fully saturated rings. The molecule has 0 amide bonds. The van der Waals surface area contributed by atoms with Crippen LogP contribution in [0.4, 0.5) is 0 Å². The number of ether oxygens (including phenoxy) is 1. The lowest BCUT2D eigenvalue weighted by Crippen LogP contribution is -1.99. The molecule has 0 radical (unpaired) electrons. The van der Waals surface area contributed by atoms with Gasteiger partial charge >= 0.3 is 0 Å². The standard InChI is InChI=1S/C22H18N6O/c1-29-20-9-16(7-8-23-20)19-12-25-22-21(27-19)18(11-24-22)17-10-26-28(14-17)13-15-5-3-2-4-6-15/h2-12,14H,13H2,1H3,(H,24,25). The summed E-state index contributed by atoms with van der Waals surface area (Å²) < 4.78 is 7.14. The van der Waals surface area contributed by atoms with Gasteiger partial charge in [0.1, 0.15) is 5.52 Å². The zero-order valence-corrected chi connectivity index (χ0v) is 15.8. The van der Waals surface area contributed by atoms with Crippen LogP contribution < -0.4 is 4.74 Å². The smallest absolute Gasteiger partial charge is 0.213 e. The zero-order chi connectivity index (χ0) is 19.6. The first kappa shape index (κ1) is 17.1. The van der Waals surface area contributed by atoms with Gasteiger partial charge in [0, 0.05) is 41.3 Å². The summed E-state index contributed by atoms with van der Waals surface area (Å²) in [5.74, 6) is 0.542. The SMILES string of the molecule is COc1cc(-c2cnc3[nH]cc(-c4cnn(Cc5ccccc5)c4)c3n2)ccn1. The molecule has 0 aliphatic rings. The monoisotopic (exact) mass is 382 g/mol. The number of hydrogen-bond acceptors (Lipinski definition) is 5. The van der Waals surface area contributed by atoms with Crippen LogP contribution in [0.1, 0.15) is 5.56 Å². The molecule has 7 nitrogen and oxygen atoms in total. The normalized spacial score (nSPS) is 11.1. The van der Waals surface area contributed by atoms with Gasteiger partial charge in [-0.15, -0.1) is 0 Å². The van der Waals surface area contributed by atoms with E-state index in [0.717, 1.165) is 40.1 Å². The van der Waals surface area contributed by atoms with Crippen LogP contribution >= 0.6 is 0 Å². The minimum absolute atomic E-state index is 0.542. The maximum atomic E-state index is 5.22. The van der Waals surface area contributed by atoms with Crippen molar-refractivity contribution < 1.29 is 4.74 Å². The van der Waals surface area contributed by atoms with Crippen molar-refractivity contribution in [3.63, 3.8) is 0 Å². The highest BCUT2D eigenvalue weighted by molar-refractivity contribution is 5.91. The Morgan fingerprint density at radius 1 is 1.03 bits per heavy atom. The summed E-state index contributed by atoms with van der Waals surface area (Å²) in [6, 6.07) is 14.0. The van der Waals surface area contributed by atoms with Crippen molar-refractivity contribution in [3.8, 4) is 28.3 Å². The molecule has 0 bridgehead atoms. The van der Waals surface area contributed by atoms with E-state index < -0.39 is 0 Å². The lowest BCUT2D eigenvalue weighted by atomic mass is 10.1. The summed E-state index contributed by atoms with van der Waals surface area (Å²) >= 11 is 0. The molecule has 29 heavy (non-hydrogen) atoms. The summed E-state index contributed by atoms with van der Waals surface area (Å²) in [4.78, 5) is 16.7. The van der Waals surface area contributed by atoms with E-state index in [1.165, 1.54) is 5.56 Å². The van der Waals surface area contributed by atoms with Crippen LogP contribution in [0.3, 0.4) is 0 Å². The fourth-order valence-electron chi connectivity index (χ4n) is 3.29. The first-order valence-electron chi connectivity index (χ1n) is 9.21. The fourth-order valence-corrected chi connectivity index (χ4v) is 3.29. The molecule has 0 aliphatic heterocycles. The number of hydrogen-bond donors (Lipinski definition) is 1. The quantitative estimate of drug-likeness (QED) is 0.498. The van der Waals surface area contributed by atoms with E-state index in [1.54, 1.807) is 19.5 Å². The Bertz CT molecular complexity index is 1270. The van der Waals surface area contributed by atoms with Gasteiger partial charge in [0.05, 0.1) is 31.7 Å². The van der Waals surface area contributed by atoms with E-state index in [-0.39, 0.29) is 0 Å². The summed E-state index contributed by atoms with van der Waals surface area (Å²) in [5.41, 5.74) is 6.36. The molecule has 142 valence electrons. The second-order valence-electron chi connectivity index (χ2n) is 6.65. The molecular formula is C22H18N6O. The third-order valence-electron chi connectivity index (χ3n) is 4.75. The van der Waals surface area contributed by atoms with Crippen molar-refractivity contribution in [2.24, 2.45) is 0 Å². The van der Waals surface area contributed by atoms with E-state index in [1.807, 2.05) is 53.6 Å². The molecule has 0 unspecified atom stereocenters. The molecule has 0 atom stereocenters. The Morgan fingerprint density at radius 2 is 1.93 bits per heavy atom. The Labute approximate surface area is 167 Å². The average molecular weight is 382 g/mol. The molecule has 0 aliphatic carbocycles. The van der Waals surface area contributed by atoms with Gasteiger partial charge in [-0.2, -0.15) is 5.10 Å². The number of methoxy groups -OCH3 is 1. The average Bonchev–Trinajstić information content (AvgIpc) is 3.40. The van der Waals surface area contributed by atoms with Gasteiger partial charge in [0.25, 0.3) is 0 Å². The van der Waals surface area contributed by atoms with Gasteiger partial charge in [-0.1, -0.05) is 30.3 Å². The number of H-pyrrole nitrogens is 1. The number of benzene rings is 1. The first-order chi connectivity index (χ1) is 14.3. The maximum Gasteiger partial charge on any atom is 0.213 e. The van der Waals surface area contributed by atoms with Crippen LogP contribution in [0.25, 0.3) is 33.5 Å². The Morgan fingerprint density at radius 3 is 2.79 bits per heavy atom. The molecule has 1 aromatic carbocycles. The van der Waals surface area contributed by atoms with Crippen molar-refractivity contribution in [1.29, 1.82) is 0 Å². The van der Waals surface area contributed by atoms with Crippen LogP contribution in [0.2, 0.25) is 0 Å². The van der Waals surface area contributed by atoms with E-state index in [9.17, 15) is 0 Å². The molecule has 4 aromatic heterocycles. The van der Waals surface area contributed by atoms with Crippen LogP contribution in [0.15, 0.2) is 73.4 Å². The predicted molar refractivity (Wildman–Crippen MR) is 110 cm³/mol. The van der Waals surface area contributed by atoms with Gasteiger partial charge < -0.3 is 9.72 Å². The summed E-state index contributed by atoms with van der Waals surface area (Å²) in [6.07, 6.45) is 9.25. The van der Waals surface area contributed by atoms with Crippen LogP contribution in [0.5, 0.6) is 5.88 Å². The Hall–Kier alpha value is -4.00. The molecule has 1 N–H and O–H groups in total. The summed E-state index contributed by atoms with van der Waals surface area (Å²) in [7, 11) is 1.60. The highest BCUT2D eigenvalue weighted by atomic mass is 16.5. The highest BCUT2D eigenvalue weighted by Crippen LogP contribution is 2.28. The number of nitrogens with zero attached hydrogens (tertiary/aromatic N) is 5. The minimum atomic E-state index is 0.542. The molecule has 5 aromatic rings. The van der Waals surface area contributed by atoms with E-state index in [0.29, 0.717) is 5.88 Å². The van der Waals surface area contributed by atoms with Crippen LogP contribution in [-0.2, 0) is 6.54 Å². The van der Waals surface area contributed by atoms with Crippen molar-refractivity contribution in [1.82, 2.24) is 29.7 Å². The molecule has 7 heteroatoms. The number of fused-ring (bicyclic) bond motifs is 1. The third kappa shape index (κ3) is 3.34. The summed E-state index contributed by atoms with van der Waals surface area (Å²) in [5, 5.41) is 4.51. The third-order valence-corrected chi connectivity index (χ3v) is 4.75. The van der Waals surface area contributed by atoms with Gasteiger partial charge in [-0.05, 0) is 11.6 Å². The molecule has 0 spiro atoms. The topological polar surface area (TPSA) is 81.5 Å². The van der Waals surface area contributed by atoms with Gasteiger partial charge in [-0.3, -0.25) is 4.68 Å². The number of aromatic amines is 1. The van der Waals surface area contributed by atoms with E-state index >= 15 is 0 Å². The lowest BCUT2D eigenvalue weighted by molar-refractivity contribution is 0.398. The van der Waals surface area contributed by atoms with Crippen molar-refractivity contribution >= 4 is 11.2 Å². The Kier molecular flexibility index (Phi) is 4.25. The van der Waals surface area contributed by atoms with Gasteiger partial charge in [0.15, 0.2) is 5.65 Å². The number of pyridine rings is 1. The van der Waals surface area contributed by atoms with Gasteiger partial charge in [0.2, 0.25) is 5.88 Å². The maximum absolute atomic E-state index is 5.22. The molecule has 0 saturated carbocycles. The van der Waals surface area contributed by atoms with Crippen LogP contribution in [-0.4, -0.2) is 36.8 Å². The number of nitrogens with one attached hydrogen (secondary N) is 1. The molecular weight excluding hydrogens is 364 g/mol. The van der Waals surface area contributed by atoms with Crippen LogP contribution in [0, 0.1) is 0 Å². The highest BCUT2D eigenvalue weighted by Gasteiger charge is 2.13. The summed E-state index contributed by atoms with van der Waals surface area (Å²) in [6.45, 7) is 0.719. The lowest BCUT2D eigenvalue weighted by Gasteiger charge is -2.03. The Balaban J connectivity index is 1.51. The number of rotatable bonds is 5. The van der Waals surface area contributed by atoms with Crippen molar-refractivity contribution in [2.45, 2.75) is 6.54 Å². The van der Waals surface area contributed by atoms with E-state index in [2.05, 4.69) is 32.2 Å². The van der Waals surface area contributed by atoms with Crippen molar-refractivity contribution in [2.75, 3.05) is 7.11 Å². The van der Waals surface area contributed by atoms with Gasteiger partial charge in [-0.25, -0.2) is 15.0 Å². The predicted octanol–water partition coefficient (Wildman–Crippen LogP) is 3.94. The second-order valence-corrected chi connectivity index (χ2v) is 6.65. The molecule has 4 heterocycles. The molecule has 0 saturated heterocycles. The van der Waals surface area contributed by atoms with E-state index in [4.69, 9.17) is 9.72 Å². The minimum Gasteiger partial charge on any atom is -0.481 e. The zero-order valence-electron chi connectivity index (χ0n) is 15.8.